The molecule has 0 aromatic heterocycles. The average molecular weight is 350 g/mol. The lowest BCUT2D eigenvalue weighted by atomic mass is 9.55. The standard InChI is InChI=1S/C23H26O3/c1-13(24)26-21-9-7-19-18-12-14-4-3-5-17-20(25)8-6-16(22(14)17)15(18)10-11-23(19,21)2/h3-6,8,15,18-19,21,25H,7,9-12H2,1-2H3/t15-,18-,19+,21+,23+/m1/s1. The van der Waals surface area contributed by atoms with Crippen LogP contribution in [0, 0.1) is 17.3 Å². The van der Waals surface area contributed by atoms with E-state index in [1.54, 1.807) is 0 Å². The molecule has 0 amide bonds. The summed E-state index contributed by atoms with van der Waals surface area (Å²) in [6, 6.07) is 10.4. The molecule has 0 unspecified atom stereocenters. The van der Waals surface area contributed by atoms with Gasteiger partial charge in [-0.3, -0.25) is 4.79 Å². The Morgan fingerprint density at radius 1 is 1.19 bits per heavy atom. The van der Waals surface area contributed by atoms with Gasteiger partial charge in [0.25, 0.3) is 0 Å². The Hall–Kier alpha value is -2.03. The van der Waals surface area contributed by atoms with Gasteiger partial charge in [-0.05, 0) is 72.4 Å². The van der Waals surface area contributed by atoms with Gasteiger partial charge in [0.05, 0.1) is 0 Å². The molecule has 1 N–H and O–H groups in total. The molecule has 5 rings (SSSR count). The molecule has 3 nitrogen and oxygen atoms in total. The van der Waals surface area contributed by atoms with Gasteiger partial charge in [0.2, 0.25) is 0 Å². The molecule has 5 atom stereocenters. The van der Waals surface area contributed by atoms with Gasteiger partial charge >= 0.3 is 5.97 Å². The van der Waals surface area contributed by atoms with E-state index in [0.29, 0.717) is 23.5 Å². The van der Waals surface area contributed by atoms with Crippen molar-refractivity contribution in [3.63, 3.8) is 0 Å². The Balaban J connectivity index is 1.57. The fraction of sp³-hybridized carbons (Fsp3) is 0.522. The highest BCUT2D eigenvalue weighted by Gasteiger charge is 2.56. The molecule has 3 aliphatic rings. The minimum Gasteiger partial charge on any atom is -0.507 e. The Labute approximate surface area is 154 Å². The molecule has 0 radical (unpaired) electrons. The number of hydrogen-bond acceptors (Lipinski definition) is 3. The van der Waals surface area contributed by atoms with Crippen LogP contribution in [-0.2, 0) is 16.0 Å². The summed E-state index contributed by atoms with van der Waals surface area (Å²) in [5, 5.41) is 12.6. The zero-order valence-corrected chi connectivity index (χ0v) is 15.5. The number of fused-ring (bicyclic) bond motifs is 4. The van der Waals surface area contributed by atoms with Crippen molar-refractivity contribution in [1.29, 1.82) is 0 Å². The SMILES string of the molecule is CC(=O)O[C@H]1CC[C@H]2[C@@H]3Cc4cccc5c(O)ccc(c45)[C@H]3CC[C@]12C. The summed E-state index contributed by atoms with van der Waals surface area (Å²) >= 11 is 0. The van der Waals surface area contributed by atoms with Crippen molar-refractivity contribution >= 4 is 16.7 Å². The summed E-state index contributed by atoms with van der Waals surface area (Å²) in [5.41, 5.74) is 2.90. The van der Waals surface area contributed by atoms with Crippen molar-refractivity contribution in [2.75, 3.05) is 0 Å². The van der Waals surface area contributed by atoms with E-state index in [0.717, 1.165) is 37.5 Å². The van der Waals surface area contributed by atoms with Crippen LogP contribution in [-0.4, -0.2) is 17.2 Å². The van der Waals surface area contributed by atoms with Crippen LogP contribution >= 0.6 is 0 Å². The lowest BCUT2D eigenvalue weighted by Crippen LogP contribution is -2.45. The topological polar surface area (TPSA) is 46.5 Å². The molecule has 2 aromatic rings. The van der Waals surface area contributed by atoms with Crippen molar-refractivity contribution in [1.82, 2.24) is 0 Å². The van der Waals surface area contributed by atoms with E-state index in [2.05, 4.69) is 25.1 Å². The normalized spacial score (nSPS) is 35.0. The van der Waals surface area contributed by atoms with Gasteiger partial charge in [0, 0.05) is 17.7 Å². The number of ether oxygens (including phenoxy) is 1. The smallest absolute Gasteiger partial charge is 0.302 e. The van der Waals surface area contributed by atoms with E-state index in [9.17, 15) is 9.90 Å². The summed E-state index contributed by atoms with van der Waals surface area (Å²) in [5.74, 6) is 2.01. The van der Waals surface area contributed by atoms with Crippen LogP contribution in [0.15, 0.2) is 30.3 Å². The lowest BCUT2D eigenvalue weighted by molar-refractivity contribution is -0.154. The number of esters is 1. The fourth-order valence-corrected chi connectivity index (χ4v) is 6.53. The zero-order chi connectivity index (χ0) is 18.1. The van der Waals surface area contributed by atoms with E-state index < -0.39 is 0 Å². The molecule has 0 bridgehead atoms. The van der Waals surface area contributed by atoms with Crippen LogP contribution in [0.4, 0.5) is 0 Å². The number of benzene rings is 2. The first-order valence-electron chi connectivity index (χ1n) is 9.90. The Bertz CT molecular complexity index is 902. The van der Waals surface area contributed by atoms with Gasteiger partial charge in [-0.2, -0.15) is 0 Å². The number of phenols is 1. The van der Waals surface area contributed by atoms with Crippen LogP contribution in [0.3, 0.4) is 0 Å². The monoisotopic (exact) mass is 350 g/mol. The van der Waals surface area contributed by atoms with Crippen LogP contribution in [0.1, 0.15) is 56.6 Å². The minimum absolute atomic E-state index is 0.0722. The maximum Gasteiger partial charge on any atom is 0.302 e. The molecule has 0 heterocycles. The number of rotatable bonds is 1. The molecule has 26 heavy (non-hydrogen) atoms. The number of carbonyl (C=O) groups is 1. The predicted octanol–water partition coefficient (Wildman–Crippen LogP) is 4.94. The third-order valence-corrected chi connectivity index (χ3v) is 7.65. The fourth-order valence-electron chi connectivity index (χ4n) is 6.53. The van der Waals surface area contributed by atoms with E-state index in [1.807, 2.05) is 12.1 Å². The second-order valence-corrected chi connectivity index (χ2v) is 8.81. The summed E-state index contributed by atoms with van der Waals surface area (Å²) in [7, 11) is 0. The lowest BCUT2D eigenvalue weighted by Gasteiger charge is -2.50. The van der Waals surface area contributed by atoms with Gasteiger partial charge in [-0.25, -0.2) is 0 Å². The summed E-state index contributed by atoms with van der Waals surface area (Å²) in [6.45, 7) is 3.88. The van der Waals surface area contributed by atoms with Crippen molar-refractivity contribution in [2.24, 2.45) is 17.3 Å². The Kier molecular flexibility index (Phi) is 3.41. The average Bonchev–Trinajstić information content (AvgIpc) is 2.94. The van der Waals surface area contributed by atoms with Crippen molar-refractivity contribution in [2.45, 2.75) is 58.0 Å². The second kappa shape index (κ2) is 5.48. The van der Waals surface area contributed by atoms with Gasteiger partial charge in [-0.15, -0.1) is 0 Å². The van der Waals surface area contributed by atoms with Gasteiger partial charge in [-0.1, -0.05) is 31.2 Å². The molecule has 0 saturated heterocycles. The highest BCUT2D eigenvalue weighted by Crippen LogP contribution is 2.62. The largest absolute Gasteiger partial charge is 0.507 e. The molecule has 3 heteroatoms. The van der Waals surface area contributed by atoms with E-state index in [1.165, 1.54) is 23.4 Å². The Morgan fingerprint density at radius 3 is 2.85 bits per heavy atom. The quantitative estimate of drug-likeness (QED) is 0.741. The maximum absolute atomic E-state index is 11.6. The van der Waals surface area contributed by atoms with Crippen molar-refractivity contribution in [3.8, 4) is 5.75 Å². The molecular weight excluding hydrogens is 324 g/mol. The van der Waals surface area contributed by atoms with Crippen LogP contribution < -0.4 is 0 Å². The molecule has 2 saturated carbocycles. The molecule has 3 aliphatic carbocycles. The van der Waals surface area contributed by atoms with Crippen LogP contribution in [0.2, 0.25) is 0 Å². The van der Waals surface area contributed by atoms with Crippen molar-refractivity contribution in [3.05, 3.63) is 41.5 Å². The number of phenolic OH excluding ortho intramolecular Hbond substituents is 1. The molecule has 0 aliphatic heterocycles. The maximum atomic E-state index is 11.6. The molecule has 136 valence electrons. The number of aromatic hydroxyl groups is 1. The van der Waals surface area contributed by atoms with E-state index in [4.69, 9.17) is 4.74 Å². The third-order valence-electron chi connectivity index (χ3n) is 7.65. The van der Waals surface area contributed by atoms with Crippen LogP contribution in [0.25, 0.3) is 10.8 Å². The summed E-state index contributed by atoms with van der Waals surface area (Å²) in [4.78, 5) is 11.6. The Morgan fingerprint density at radius 2 is 2.04 bits per heavy atom. The van der Waals surface area contributed by atoms with Gasteiger partial charge in [0.15, 0.2) is 0 Å². The molecular formula is C23H26O3. The summed E-state index contributed by atoms with van der Waals surface area (Å²) < 4.78 is 5.73. The van der Waals surface area contributed by atoms with E-state index >= 15 is 0 Å². The molecule has 2 aromatic carbocycles. The van der Waals surface area contributed by atoms with Crippen LogP contribution in [0.5, 0.6) is 5.75 Å². The zero-order valence-electron chi connectivity index (χ0n) is 15.5. The minimum atomic E-state index is -0.145. The first-order chi connectivity index (χ1) is 12.5. The molecule has 2 fully saturated rings. The number of carbonyl (C=O) groups excluding carboxylic acids is 1. The third kappa shape index (κ3) is 2.09. The first-order valence-corrected chi connectivity index (χ1v) is 9.90. The highest BCUT2D eigenvalue weighted by molar-refractivity contribution is 5.94. The predicted molar refractivity (Wildman–Crippen MR) is 101 cm³/mol. The second-order valence-electron chi connectivity index (χ2n) is 8.81. The van der Waals surface area contributed by atoms with Crippen molar-refractivity contribution < 1.29 is 14.6 Å². The first kappa shape index (κ1) is 16.2. The van der Waals surface area contributed by atoms with Gasteiger partial charge in [0.1, 0.15) is 11.9 Å². The number of hydrogen-bond donors (Lipinski definition) is 1. The highest BCUT2D eigenvalue weighted by atomic mass is 16.5. The van der Waals surface area contributed by atoms with Gasteiger partial charge < -0.3 is 9.84 Å². The van der Waals surface area contributed by atoms with E-state index in [-0.39, 0.29) is 17.5 Å². The molecule has 0 spiro atoms. The summed E-state index contributed by atoms with van der Waals surface area (Å²) in [6.07, 6.45) is 5.55.